The molecule has 17 heteroatoms. The van der Waals surface area contributed by atoms with Crippen molar-refractivity contribution in [1.29, 1.82) is 0 Å². The number of fused-ring (bicyclic) bond motifs is 7. The van der Waals surface area contributed by atoms with Crippen LogP contribution in [0.4, 0.5) is 20.4 Å². The van der Waals surface area contributed by atoms with Crippen molar-refractivity contribution in [2.24, 2.45) is 18.9 Å². The lowest BCUT2D eigenvalue weighted by molar-refractivity contribution is -0.140. The van der Waals surface area contributed by atoms with Crippen molar-refractivity contribution in [3.63, 3.8) is 0 Å². The van der Waals surface area contributed by atoms with E-state index in [2.05, 4.69) is 51.2 Å². The Morgan fingerprint density at radius 2 is 1.75 bits per heavy atom. The highest BCUT2D eigenvalue weighted by atomic mass is 19.1. The zero-order valence-corrected chi connectivity index (χ0v) is 36.7. The van der Waals surface area contributed by atoms with Crippen molar-refractivity contribution in [3.05, 3.63) is 82.7 Å². The maximum Gasteiger partial charge on any atom is 0.258 e. The van der Waals surface area contributed by atoms with E-state index in [-0.39, 0.29) is 48.1 Å². The number of aryl methyl sites for hydroxylation is 2. The molecular weight excluding hydrogens is 823 g/mol. The number of carbonyl (C=O) groups excluding carboxylic acids is 4. The maximum absolute atomic E-state index is 15.4. The molecule has 0 spiro atoms. The molecule has 7 heterocycles. The monoisotopic (exact) mass is 876 g/mol. The van der Waals surface area contributed by atoms with Crippen LogP contribution in [-0.2, 0) is 34.5 Å². The normalized spacial score (nSPS) is 22.3. The molecule has 0 radical (unpaired) electrons. The molecule has 5 aromatic rings. The second-order valence-corrected chi connectivity index (χ2v) is 17.9. The van der Waals surface area contributed by atoms with E-state index in [9.17, 15) is 19.2 Å². The Morgan fingerprint density at radius 1 is 0.938 bits per heavy atom. The molecule has 3 saturated heterocycles. The third kappa shape index (κ3) is 8.56. The Bertz CT molecular complexity index is 2620. The second-order valence-electron chi connectivity index (χ2n) is 17.9. The van der Waals surface area contributed by atoms with Crippen LogP contribution in [0.3, 0.4) is 0 Å². The van der Waals surface area contributed by atoms with E-state index < -0.39 is 29.4 Å². The summed E-state index contributed by atoms with van der Waals surface area (Å²) in [6, 6.07) is 12.2. The van der Waals surface area contributed by atoms with Gasteiger partial charge in [0.2, 0.25) is 29.5 Å². The number of halogens is 2. The first-order valence-electron chi connectivity index (χ1n) is 22.4. The Morgan fingerprint density at radius 3 is 2.53 bits per heavy atom. The molecule has 0 unspecified atom stereocenters. The van der Waals surface area contributed by atoms with Crippen molar-refractivity contribution >= 4 is 46.3 Å². The van der Waals surface area contributed by atoms with Gasteiger partial charge in [-0.3, -0.25) is 39.7 Å². The van der Waals surface area contributed by atoms with Gasteiger partial charge < -0.3 is 19.1 Å². The van der Waals surface area contributed by atoms with Gasteiger partial charge >= 0.3 is 0 Å². The summed E-state index contributed by atoms with van der Waals surface area (Å²) in [4.78, 5) is 67.8. The third-order valence-electron chi connectivity index (χ3n) is 13.3. The first-order chi connectivity index (χ1) is 30.8. The number of carbonyl (C=O) groups is 4. The molecule has 2 aromatic carbocycles. The molecule has 4 aliphatic heterocycles. The number of imidazole rings is 1. The summed E-state index contributed by atoms with van der Waals surface area (Å²) in [7, 11) is 1.83. The van der Waals surface area contributed by atoms with Gasteiger partial charge in [0, 0.05) is 87.8 Å². The van der Waals surface area contributed by atoms with Crippen molar-refractivity contribution in [1.82, 2.24) is 39.4 Å². The van der Waals surface area contributed by atoms with Crippen LogP contribution in [0.25, 0.3) is 22.3 Å². The Hall–Kier alpha value is -6.23. The molecule has 4 atom stereocenters. The molecule has 9 rings (SSSR count). The number of hydrogen-bond donors (Lipinski definition) is 2. The fraction of sp³-hybridized carbons (Fsp3) is 0.468. The second kappa shape index (κ2) is 17.7. The SMILES string of the molecule is CC[C@H]1CN(Cc2ccc3nc4n(c3c2)C[C@H](C)CCCOc2c(cnn2C)-c2cc(cc(C)n2)C(=O)N4)CCN1C(=O)[C@@H]1CCN(c2cc(F)c([C@H]3CCC(=O)NC3=O)c(F)c2)C1. The minimum Gasteiger partial charge on any atom is -0.477 e. The fourth-order valence-electron chi connectivity index (χ4n) is 9.88. The Kier molecular flexibility index (Phi) is 11.9. The number of nitrogens with one attached hydrogen (secondary N) is 2. The van der Waals surface area contributed by atoms with Gasteiger partial charge in [0.25, 0.3) is 5.91 Å². The molecule has 64 heavy (non-hydrogen) atoms. The van der Waals surface area contributed by atoms with Crippen molar-refractivity contribution in [2.45, 2.75) is 84.3 Å². The van der Waals surface area contributed by atoms with E-state index >= 15 is 8.78 Å². The number of rotatable bonds is 6. The number of benzene rings is 2. The third-order valence-corrected chi connectivity index (χ3v) is 13.3. The molecule has 336 valence electrons. The van der Waals surface area contributed by atoms with Gasteiger partial charge in [-0.2, -0.15) is 5.10 Å². The van der Waals surface area contributed by atoms with Gasteiger partial charge in [0.1, 0.15) is 11.6 Å². The molecule has 15 nitrogen and oxygen atoms in total. The highest BCUT2D eigenvalue weighted by molar-refractivity contribution is 6.05. The lowest BCUT2D eigenvalue weighted by atomic mass is 9.89. The number of piperazine rings is 1. The van der Waals surface area contributed by atoms with Gasteiger partial charge in [-0.15, -0.1) is 0 Å². The van der Waals surface area contributed by atoms with Crippen LogP contribution < -0.4 is 20.3 Å². The minimum absolute atomic E-state index is 0.00340. The largest absolute Gasteiger partial charge is 0.477 e. The molecule has 2 N–H and O–H groups in total. The van der Waals surface area contributed by atoms with E-state index in [0.717, 1.165) is 41.4 Å². The number of hydrogen-bond acceptors (Lipinski definition) is 10. The zero-order chi connectivity index (χ0) is 44.8. The first-order valence-corrected chi connectivity index (χ1v) is 22.4. The summed E-state index contributed by atoms with van der Waals surface area (Å²) in [5.41, 5.74) is 5.31. The number of pyridine rings is 1. The van der Waals surface area contributed by atoms with Crippen molar-refractivity contribution in [2.75, 3.05) is 49.5 Å². The molecule has 3 aromatic heterocycles. The van der Waals surface area contributed by atoms with Gasteiger partial charge in [-0.1, -0.05) is 19.9 Å². The fourth-order valence-corrected chi connectivity index (χ4v) is 9.88. The smallest absolute Gasteiger partial charge is 0.258 e. The summed E-state index contributed by atoms with van der Waals surface area (Å²) >= 11 is 0. The predicted molar refractivity (Wildman–Crippen MR) is 236 cm³/mol. The standard InChI is InChI=1S/C47H54F2N10O5/c1-5-32-26-56(14-15-58(32)45(63)30-12-13-57(25-30)33-20-36(48)42(37(49)21-33)34-9-11-41(60)53-44(34)62)24-29-8-10-38-40(18-29)59-23-27(2)7-6-16-64-46-35(22-50-55(46)4)39-19-31(17-28(3)51-39)43(61)54-47(59)52-38/h8,10,17-22,27,30,32,34H,5-7,9,11-16,23-26H2,1-4H3,(H,52,54,61)(H,53,60,62)/t27-,30-,32+,34-/m1/s1. The van der Waals surface area contributed by atoms with Crippen LogP contribution in [0.5, 0.6) is 5.88 Å². The van der Waals surface area contributed by atoms with Crippen LogP contribution in [0.15, 0.2) is 48.7 Å². The highest BCUT2D eigenvalue weighted by Crippen LogP contribution is 2.35. The molecule has 0 saturated carbocycles. The Labute approximate surface area is 370 Å². The number of ether oxygens (including phenoxy) is 1. The van der Waals surface area contributed by atoms with E-state index in [1.165, 1.54) is 12.1 Å². The molecule has 4 amide bonds. The highest BCUT2D eigenvalue weighted by Gasteiger charge is 2.38. The molecule has 4 aliphatic rings. The van der Waals surface area contributed by atoms with Gasteiger partial charge in [-0.05, 0) is 86.9 Å². The maximum atomic E-state index is 15.4. The number of imide groups is 1. The van der Waals surface area contributed by atoms with E-state index in [0.29, 0.717) is 93.3 Å². The van der Waals surface area contributed by atoms with Crippen LogP contribution in [0, 0.1) is 30.4 Å². The van der Waals surface area contributed by atoms with Gasteiger partial charge in [0.15, 0.2) is 0 Å². The summed E-state index contributed by atoms with van der Waals surface area (Å²) in [5.74, 6) is -3.09. The molecular formula is C47H54F2N10O5. The average molecular weight is 877 g/mol. The molecule has 3 fully saturated rings. The van der Waals surface area contributed by atoms with Crippen molar-refractivity contribution in [3.8, 4) is 17.1 Å². The minimum atomic E-state index is -1.07. The zero-order valence-electron chi connectivity index (χ0n) is 36.7. The predicted octanol–water partition coefficient (Wildman–Crippen LogP) is 5.95. The van der Waals surface area contributed by atoms with Crippen LogP contribution in [0.1, 0.15) is 85.5 Å². The Balaban J connectivity index is 0.877. The van der Waals surface area contributed by atoms with Crippen LogP contribution in [-0.4, -0.2) is 103 Å². The summed E-state index contributed by atoms with van der Waals surface area (Å²) in [5, 5.41) is 9.70. The van der Waals surface area contributed by atoms with Gasteiger partial charge in [-0.25, -0.2) is 18.4 Å². The number of anilines is 2. The number of amides is 4. The molecule has 2 bridgehead atoms. The number of nitrogens with zero attached hydrogens (tertiary/aromatic N) is 8. The average Bonchev–Trinajstić information content (AvgIpc) is 3.99. The number of aromatic nitrogens is 5. The lowest BCUT2D eigenvalue weighted by Gasteiger charge is -2.42. The topological polar surface area (TPSA) is 160 Å². The van der Waals surface area contributed by atoms with E-state index in [1.807, 2.05) is 29.8 Å². The van der Waals surface area contributed by atoms with E-state index in [1.54, 1.807) is 23.0 Å². The lowest BCUT2D eigenvalue weighted by Crippen LogP contribution is -2.56. The summed E-state index contributed by atoms with van der Waals surface area (Å²) in [6.45, 7) is 10.7. The van der Waals surface area contributed by atoms with Gasteiger partial charge in [0.05, 0.1) is 46.9 Å². The summed E-state index contributed by atoms with van der Waals surface area (Å²) in [6.07, 6.45) is 4.84. The first kappa shape index (κ1) is 43.0. The van der Waals surface area contributed by atoms with E-state index in [4.69, 9.17) is 14.7 Å². The summed E-state index contributed by atoms with van der Waals surface area (Å²) < 4.78 is 40.8. The van der Waals surface area contributed by atoms with Crippen molar-refractivity contribution < 1.29 is 32.7 Å². The molecule has 0 aliphatic carbocycles. The quantitative estimate of drug-likeness (QED) is 0.195. The van der Waals surface area contributed by atoms with Crippen LogP contribution >= 0.6 is 0 Å². The van der Waals surface area contributed by atoms with Crippen LogP contribution in [0.2, 0.25) is 0 Å². The number of piperidine rings is 1.